The molecule has 2 amide bonds. The number of rotatable bonds is 6. The Morgan fingerprint density at radius 2 is 1.65 bits per heavy atom. The van der Waals surface area contributed by atoms with Crippen molar-refractivity contribution < 1.29 is 14.3 Å². The summed E-state index contributed by atoms with van der Waals surface area (Å²) in [7, 11) is 0. The van der Waals surface area contributed by atoms with Gasteiger partial charge in [0.1, 0.15) is 11.8 Å². The van der Waals surface area contributed by atoms with Gasteiger partial charge in [0.05, 0.1) is 18.7 Å². The van der Waals surface area contributed by atoms with Crippen molar-refractivity contribution in [1.29, 1.82) is 0 Å². The van der Waals surface area contributed by atoms with Gasteiger partial charge in [0.15, 0.2) is 0 Å². The number of carbonyl (C=O) groups is 2. The monoisotopic (exact) mass is 421 g/mol. The molecular formula is C25H31N3O3. The van der Waals surface area contributed by atoms with Gasteiger partial charge in [0.25, 0.3) is 0 Å². The van der Waals surface area contributed by atoms with Crippen LogP contribution < -0.4 is 9.64 Å². The van der Waals surface area contributed by atoms with Crippen molar-refractivity contribution in [2.75, 3.05) is 44.2 Å². The molecule has 2 aliphatic rings. The van der Waals surface area contributed by atoms with Crippen LogP contribution in [0.15, 0.2) is 54.6 Å². The summed E-state index contributed by atoms with van der Waals surface area (Å²) in [5.41, 5.74) is 2.07. The van der Waals surface area contributed by atoms with Crippen LogP contribution in [0.25, 0.3) is 0 Å². The zero-order valence-electron chi connectivity index (χ0n) is 18.2. The van der Waals surface area contributed by atoms with Crippen LogP contribution in [-0.4, -0.2) is 67.0 Å². The van der Waals surface area contributed by atoms with Crippen LogP contribution in [-0.2, 0) is 16.0 Å². The molecule has 31 heavy (non-hydrogen) atoms. The first-order chi connectivity index (χ1) is 15.2. The predicted molar refractivity (Wildman–Crippen MR) is 121 cm³/mol. The van der Waals surface area contributed by atoms with Gasteiger partial charge >= 0.3 is 0 Å². The highest BCUT2D eigenvalue weighted by atomic mass is 16.5. The fraction of sp³-hybridized carbons (Fsp3) is 0.440. The van der Waals surface area contributed by atoms with E-state index in [1.807, 2.05) is 60.4 Å². The SMILES string of the molecule is CCOc1ccccc1N1CCN(C(=O)C2CCCN2C(=O)Cc2ccccc2)CC1. The third-order valence-corrected chi connectivity index (χ3v) is 6.15. The van der Waals surface area contributed by atoms with Gasteiger partial charge in [-0.3, -0.25) is 9.59 Å². The van der Waals surface area contributed by atoms with E-state index < -0.39 is 0 Å². The molecule has 2 saturated heterocycles. The summed E-state index contributed by atoms with van der Waals surface area (Å²) in [4.78, 5) is 32.2. The third-order valence-electron chi connectivity index (χ3n) is 6.15. The number of benzene rings is 2. The summed E-state index contributed by atoms with van der Waals surface area (Å²) < 4.78 is 5.77. The average Bonchev–Trinajstić information content (AvgIpc) is 3.30. The fourth-order valence-electron chi connectivity index (χ4n) is 4.57. The summed E-state index contributed by atoms with van der Waals surface area (Å²) in [6, 6.07) is 17.5. The van der Waals surface area contributed by atoms with Crippen LogP contribution >= 0.6 is 0 Å². The molecule has 0 aliphatic carbocycles. The van der Waals surface area contributed by atoms with Gasteiger partial charge in [-0.05, 0) is 37.5 Å². The van der Waals surface area contributed by atoms with Crippen LogP contribution in [0.4, 0.5) is 5.69 Å². The van der Waals surface area contributed by atoms with Crippen molar-refractivity contribution in [3.8, 4) is 5.75 Å². The lowest BCUT2D eigenvalue weighted by molar-refractivity contribution is -0.143. The van der Waals surface area contributed by atoms with Crippen molar-refractivity contribution in [2.45, 2.75) is 32.2 Å². The van der Waals surface area contributed by atoms with Gasteiger partial charge in [0.2, 0.25) is 11.8 Å². The minimum Gasteiger partial charge on any atom is -0.492 e. The summed E-state index contributed by atoms with van der Waals surface area (Å²) >= 11 is 0. The minimum absolute atomic E-state index is 0.0475. The number of piperazine rings is 1. The number of carbonyl (C=O) groups excluding carboxylic acids is 2. The van der Waals surface area contributed by atoms with E-state index >= 15 is 0 Å². The third kappa shape index (κ3) is 4.84. The van der Waals surface area contributed by atoms with E-state index in [4.69, 9.17) is 4.74 Å². The smallest absolute Gasteiger partial charge is 0.245 e. The standard InChI is InChI=1S/C25H31N3O3/c1-2-31-23-13-7-6-11-21(23)26-15-17-27(18-16-26)25(30)22-12-8-14-28(22)24(29)19-20-9-4-3-5-10-20/h3-7,9-11,13,22H,2,8,12,14-19H2,1H3. The van der Waals surface area contributed by atoms with E-state index in [1.165, 1.54) is 0 Å². The molecule has 164 valence electrons. The van der Waals surface area contributed by atoms with Crippen LogP contribution in [0.2, 0.25) is 0 Å². The normalized spacial score (nSPS) is 18.9. The number of ether oxygens (including phenoxy) is 1. The molecule has 1 atom stereocenters. The largest absolute Gasteiger partial charge is 0.492 e. The summed E-state index contributed by atoms with van der Waals surface area (Å²) in [6.07, 6.45) is 2.00. The molecule has 2 aromatic carbocycles. The van der Waals surface area contributed by atoms with Crippen LogP contribution in [0.1, 0.15) is 25.3 Å². The Balaban J connectivity index is 1.36. The Labute approximate surface area is 184 Å². The Bertz CT molecular complexity index is 894. The average molecular weight is 422 g/mol. The van der Waals surface area contributed by atoms with Crippen LogP contribution in [0, 0.1) is 0 Å². The van der Waals surface area contributed by atoms with E-state index in [0.29, 0.717) is 32.7 Å². The van der Waals surface area contributed by atoms with Crippen molar-refractivity contribution in [2.24, 2.45) is 0 Å². The molecule has 6 nitrogen and oxygen atoms in total. The minimum atomic E-state index is -0.321. The first-order valence-electron chi connectivity index (χ1n) is 11.3. The number of nitrogens with zero attached hydrogens (tertiary/aromatic N) is 3. The zero-order valence-corrected chi connectivity index (χ0v) is 18.2. The van der Waals surface area contributed by atoms with Crippen LogP contribution in [0.3, 0.4) is 0 Å². The fourth-order valence-corrected chi connectivity index (χ4v) is 4.57. The number of anilines is 1. The molecule has 4 rings (SSSR count). The second-order valence-electron chi connectivity index (χ2n) is 8.12. The molecule has 0 saturated carbocycles. The molecule has 0 spiro atoms. The molecule has 2 fully saturated rings. The molecule has 0 N–H and O–H groups in total. The number of amides is 2. The molecule has 2 aromatic rings. The maximum Gasteiger partial charge on any atom is 0.245 e. The van der Waals surface area contributed by atoms with E-state index in [0.717, 1.165) is 42.9 Å². The highest BCUT2D eigenvalue weighted by Gasteiger charge is 2.37. The van der Waals surface area contributed by atoms with E-state index in [-0.39, 0.29) is 17.9 Å². The van der Waals surface area contributed by atoms with E-state index in [2.05, 4.69) is 11.0 Å². The van der Waals surface area contributed by atoms with Gasteiger partial charge in [-0.15, -0.1) is 0 Å². The van der Waals surface area contributed by atoms with Crippen molar-refractivity contribution in [3.05, 3.63) is 60.2 Å². The highest BCUT2D eigenvalue weighted by Crippen LogP contribution is 2.29. The molecule has 2 aliphatic heterocycles. The summed E-state index contributed by atoms with van der Waals surface area (Å²) in [5.74, 6) is 1.03. The summed E-state index contributed by atoms with van der Waals surface area (Å²) in [6.45, 7) is 6.14. The van der Waals surface area contributed by atoms with Crippen molar-refractivity contribution in [3.63, 3.8) is 0 Å². The lowest BCUT2D eigenvalue weighted by atomic mass is 10.1. The number of hydrogen-bond acceptors (Lipinski definition) is 4. The van der Waals surface area contributed by atoms with Gasteiger partial charge < -0.3 is 19.4 Å². The number of likely N-dealkylation sites (tertiary alicyclic amines) is 1. The Morgan fingerprint density at radius 3 is 2.39 bits per heavy atom. The molecule has 6 heteroatoms. The molecule has 0 radical (unpaired) electrons. The maximum atomic E-state index is 13.3. The van der Waals surface area contributed by atoms with Gasteiger partial charge in [0, 0.05) is 32.7 Å². The quantitative estimate of drug-likeness (QED) is 0.720. The van der Waals surface area contributed by atoms with E-state index in [9.17, 15) is 9.59 Å². The second kappa shape index (κ2) is 9.86. The maximum absolute atomic E-state index is 13.3. The first-order valence-corrected chi connectivity index (χ1v) is 11.3. The topological polar surface area (TPSA) is 53.1 Å². The van der Waals surface area contributed by atoms with Crippen LogP contribution in [0.5, 0.6) is 5.75 Å². The zero-order chi connectivity index (χ0) is 21.6. The van der Waals surface area contributed by atoms with Gasteiger partial charge in [-0.1, -0.05) is 42.5 Å². The summed E-state index contributed by atoms with van der Waals surface area (Å²) in [5, 5.41) is 0. The molecule has 1 unspecified atom stereocenters. The highest BCUT2D eigenvalue weighted by molar-refractivity contribution is 5.89. The van der Waals surface area contributed by atoms with Gasteiger partial charge in [-0.25, -0.2) is 0 Å². The number of hydrogen-bond donors (Lipinski definition) is 0. The van der Waals surface area contributed by atoms with Crippen molar-refractivity contribution >= 4 is 17.5 Å². The molecule has 2 heterocycles. The molecule has 0 bridgehead atoms. The van der Waals surface area contributed by atoms with Crippen molar-refractivity contribution in [1.82, 2.24) is 9.80 Å². The lowest BCUT2D eigenvalue weighted by Gasteiger charge is -2.38. The predicted octanol–water partition coefficient (Wildman–Crippen LogP) is 2.97. The van der Waals surface area contributed by atoms with E-state index in [1.54, 1.807) is 4.90 Å². The Kier molecular flexibility index (Phi) is 6.75. The number of para-hydroxylation sites is 2. The molecular weight excluding hydrogens is 390 g/mol. The Hall–Kier alpha value is -3.02. The van der Waals surface area contributed by atoms with Gasteiger partial charge in [-0.2, -0.15) is 0 Å². The molecule has 0 aromatic heterocycles. The second-order valence-corrected chi connectivity index (χ2v) is 8.12. The lowest BCUT2D eigenvalue weighted by Crippen LogP contribution is -2.54. The Morgan fingerprint density at radius 1 is 0.935 bits per heavy atom. The first kappa shape index (κ1) is 21.2.